The van der Waals surface area contributed by atoms with Gasteiger partial charge in [0.25, 0.3) is 5.56 Å². The van der Waals surface area contributed by atoms with Crippen molar-refractivity contribution in [3.63, 3.8) is 0 Å². The van der Waals surface area contributed by atoms with Gasteiger partial charge in [-0.2, -0.15) is 0 Å². The van der Waals surface area contributed by atoms with Gasteiger partial charge in [0.2, 0.25) is 5.91 Å². The fraction of sp³-hybridized carbons (Fsp3) is 0.519. The number of carbonyl (C=O) groups excluding carboxylic acids is 1. The molecule has 2 heterocycles. The third kappa shape index (κ3) is 3.63. The van der Waals surface area contributed by atoms with Gasteiger partial charge in [0.1, 0.15) is 10.7 Å². The summed E-state index contributed by atoms with van der Waals surface area (Å²) in [5.41, 5.74) is 1.80. The molecule has 0 unspecified atom stereocenters. The molecule has 4 bridgehead atoms. The Morgan fingerprint density at radius 2 is 1.70 bits per heavy atom. The molecule has 4 fully saturated rings. The lowest BCUT2D eigenvalue weighted by Crippen LogP contribution is -2.54. The monoisotopic (exact) mass is 461 g/mol. The van der Waals surface area contributed by atoms with Crippen LogP contribution in [0, 0.1) is 37.0 Å². The van der Waals surface area contributed by atoms with Crippen LogP contribution >= 0.6 is 11.3 Å². The number of aromatic amines is 1. The van der Waals surface area contributed by atoms with E-state index in [1.807, 2.05) is 36.9 Å². The molecule has 2 aromatic heterocycles. The van der Waals surface area contributed by atoms with Crippen molar-refractivity contribution in [3.8, 4) is 0 Å². The van der Waals surface area contributed by atoms with E-state index in [0.29, 0.717) is 42.1 Å². The molecule has 0 radical (unpaired) electrons. The van der Waals surface area contributed by atoms with E-state index >= 15 is 0 Å². The van der Waals surface area contributed by atoms with E-state index in [9.17, 15) is 9.59 Å². The van der Waals surface area contributed by atoms with Gasteiger partial charge < -0.3 is 9.88 Å². The van der Waals surface area contributed by atoms with Crippen molar-refractivity contribution < 1.29 is 4.79 Å². The maximum atomic E-state index is 14.2. The highest BCUT2D eigenvalue weighted by atomic mass is 32.1. The highest BCUT2D eigenvalue weighted by molar-refractivity contribution is 7.18. The quantitative estimate of drug-likeness (QED) is 0.557. The van der Waals surface area contributed by atoms with Gasteiger partial charge in [-0.25, -0.2) is 4.98 Å². The summed E-state index contributed by atoms with van der Waals surface area (Å²) in [7, 11) is 0. The van der Waals surface area contributed by atoms with Crippen molar-refractivity contribution in [1.29, 1.82) is 0 Å². The lowest BCUT2D eigenvalue weighted by molar-refractivity contribution is -0.159. The first-order chi connectivity index (χ1) is 15.9. The molecule has 0 atom stereocenters. The number of carbonyl (C=O) groups is 1. The standard InChI is InChI=1S/C27H31N3O2S/c1-16-17(2)33-25-23(16)24(31)28-22(29-25)15-30(14-18-6-4-3-5-7-18)26(32)27-11-19-8-20(12-27)10-21(9-19)13-27/h3-7,19-21H,8-15H2,1-2H3,(H,28,29,31). The molecule has 33 heavy (non-hydrogen) atoms. The Labute approximate surface area is 198 Å². The Hall–Kier alpha value is -2.47. The van der Waals surface area contributed by atoms with Gasteiger partial charge in [-0.05, 0) is 81.3 Å². The van der Waals surface area contributed by atoms with Gasteiger partial charge >= 0.3 is 0 Å². The summed E-state index contributed by atoms with van der Waals surface area (Å²) in [6, 6.07) is 10.2. The maximum absolute atomic E-state index is 14.2. The van der Waals surface area contributed by atoms with E-state index in [-0.39, 0.29) is 16.9 Å². The number of fused-ring (bicyclic) bond motifs is 1. The summed E-state index contributed by atoms with van der Waals surface area (Å²) in [6.07, 6.45) is 7.05. The second-order valence-corrected chi connectivity index (χ2v) is 12.0. The molecule has 1 aromatic carbocycles. The van der Waals surface area contributed by atoms with Crippen molar-refractivity contribution in [2.45, 2.75) is 65.5 Å². The Morgan fingerprint density at radius 3 is 2.33 bits per heavy atom. The normalized spacial score (nSPS) is 27.9. The number of aromatic nitrogens is 2. The zero-order chi connectivity index (χ0) is 22.7. The van der Waals surface area contributed by atoms with Gasteiger partial charge in [-0.15, -0.1) is 11.3 Å². The number of aryl methyl sites for hydroxylation is 2. The average molecular weight is 462 g/mol. The summed E-state index contributed by atoms with van der Waals surface area (Å²) in [4.78, 5) is 38.7. The fourth-order valence-electron chi connectivity index (χ4n) is 7.27. The van der Waals surface area contributed by atoms with Gasteiger partial charge in [0.15, 0.2) is 0 Å². The molecule has 4 aliphatic carbocycles. The minimum atomic E-state index is -0.218. The van der Waals surface area contributed by atoms with Crippen molar-refractivity contribution in [2.75, 3.05) is 0 Å². The highest BCUT2D eigenvalue weighted by Gasteiger charge is 2.55. The van der Waals surface area contributed by atoms with Crippen LogP contribution in [0.5, 0.6) is 0 Å². The molecule has 1 N–H and O–H groups in total. The third-order valence-corrected chi connectivity index (χ3v) is 9.53. The largest absolute Gasteiger partial charge is 0.330 e. The summed E-state index contributed by atoms with van der Waals surface area (Å²) < 4.78 is 0. The van der Waals surface area contributed by atoms with Crippen molar-refractivity contribution in [2.24, 2.45) is 23.2 Å². The van der Waals surface area contributed by atoms with Gasteiger partial charge in [0, 0.05) is 11.4 Å². The Bertz CT molecular complexity index is 1240. The Balaban J connectivity index is 1.36. The summed E-state index contributed by atoms with van der Waals surface area (Å²) in [5, 5.41) is 0.684. The summed E-state index contributed by atoms with van der Waals surface area (Å²) in [5.74, 6) is 3.00. The number of hydrogen-bond donors (Lipinski definition) is 1. The topological polar surface area (TPSA) is 66.1 Å². The molecule has 6 heteroatoms. The number of hydrogen-bond acceptors (Lipinski definition) is 4. The van der Waals surface area contributed by atoms with E-state index in [2.05, 4.69) is 17.1 Å². The summed E-state index contributed by atoms with van der Waals surface area (Å²) >= 11 is 1.56. The van der Waals surface area contributed by atoms with E-state index in [0.717, 1.165) is 40.1 Å². The van der Waals surface area contributed by atoms with E-state index in [1.54, 1.807) is 11.3 Å². The van der Waals surface area contributed by atoms with Crippen LogP contribution < -0.4 is 5.56 Å². The molecule has 3 aromatic rings. The van der Waals surface area contributed by atoms with Crippen molar-refractivity contribution >= 4 is 27.5 Å². The molecule has 5 nitrogen and oxygen atoms in total. The molecule has 4 aliphatic rings. The van der Waals surface area contributed by atoms with Crippen LogP contribution in [0.3, 0.4) is 0 Å². The van der Waals surface area contributed by atoms with Gasteiger partial charge in [-0.1, -0.05) is 30.3 Å². The van der Waals surface area contributed by atoms with E-state index < -0.39 is 0 Å². The van der Waals surface area contributed by atoms with Crippen LogP contribution in [0.15, 0.2) is 35.1 Å². The lowest BCUT2D eigenvalue weighted by atomic mass is 9.49. The zero-order valence-electron chi connectivity index (χ0n) is 19.4. The SMILES string of the molecule is Cc1sc2nc(CN(Cc3ccccc3)C(=O)C34CC5CC(CC(C5)C3)C4)[nH]c(=O)c2c1C. The van der Waals surface area contributed by atoms with Crippen LogP contribution in [0.2, 0.25) is 0 Å². The van der Waals surface area contributed by atoms with Crippen LogP contribution in [-0.2, 0) is 17.9 Å². The Kier molecular flexibility index (Phi) is 4.98. The first-order valence-electron chi connectivity index (χ1n) is 12.2. The molecule has 7 rings (SSSR count). The first-order valence-corrected chi connectivity index (χ1v) is 13.0. The molecule has 4 saturated carbocycles. The van der Waals surface area contributed by atoms with Gasteiger partial charge in [0.05, 0.1) is 17.3 Å². The number of benzene rings is 1. The number of amides is 1. The lowest BCUT2D eigenvalue weighted by Gasteiger charge is -2.56. The Morgan fingerprint density at radius 1 is 1.06 bits per heavy atom. The van der Waals surface area contributed by atoms with Crippen LogP contribution in [0.25, 0.3) is 10.2 Å². The maximum Gasteiger partial charge on any atom is 0.259 e. The number of nitrogens with zero attached hydrogens (tertiary/aromatic N) is 2. The molecule has 1 amide bonds. The predicted molar refractivity (Wildman–Crippen MR) is 131 cm³/mol. The minimum Gasteiger partial charge on any atom is -0.330 e. The fourth-order valence-corrected chi connectivity index (χ4v) is 8.32. The second kappa shape index (κ2) is 7.79. The highest BCUT2D eigenvalue weighted by Crippen LogP contribution is 2.60. The molecular weight excluding hydrogens is 430 g/mol. The predicted octanol–water partition coefficient (Wildman–Crippen LogP) is 5.35. The van der Waals surface area contributed by atoms with Crippen molar-refractivity contribution in [3.05, 3.63) is 62.5 Å². The number of nitrogens with one attached hydrogen (secondary N) is 1. The number of thiophene rings is 1. The number of rotatable bonds is 5. The molecule has 172 valence electrons. The zero-order valence-corrected chi connectivity index (χ0v) is 20.2. The molecular formula is C27H31N3O2S. The molecule has 0 spiro atoms. The summed E-state index contributed by atoms with van der Waals surface area (Å²) in [6.45, 7) is 4.89. The van der Waals surface area contributed by atoms with E-state index in [1.165, 1.54) is 19.3 Å². The second-order valence-electron chi connectivity index (χ2n) is 10.8. The van der Waals surface area contributed by atoms with Gasteiger partial charge in [-0.3, -0.25) is 9.59 Å². The van der Waals surface area contributed by atoms with Crippen molar-refractivity contribution in [1.82, 2.24) is 14.9 Å². The van der Waals surface area contributed by atoms with E-state index in [4.69, 9.17) is 4.98 Å². The smallest absolute Gasteiger partial charge is 0.259 e. The first kappa shape index (κ1) is 21.1. The molecule has 0 aliphatic heterocycles. The minimum absolute atomic E-state index is 0.0984. The third-order valence-electron chi connectivity index (χ3n) is 8.42. The van der Waals surface area contributed by atoms with Crippen LogP contribution in [0.4, 0.5) is 0 Å². The number of H-pyrrole nitrogens is 1. The molecule has 0 saturated heterocycles. The van der Waals surface area contributed by atoms with Crippen LogP contribution in [0.1, 0.15) is 60.4 Å². The van der Waals surface area contributed by atoms with Crippen LogP contribution in [-0.4, -0.2) is 20.8 Å². The average Bonchev–Trinajstić information content (AvgIpc) is 3.06.